The Labute approximate surface area is 134 Å². The minimum Gasteiger partial charge on any atom is -0.465 e. The van der Waals surface area contributed by atoms with Crippen LogP contribution in [0, 0.1) is 0 Å². The molecule has 0 unspecified atom stereocenters. The number of piperazine rings is 1. The predicted octanol–water partition coefficient (Wildman–Crippen LogP) is 0.801. The number of amides is 3. The molecule has 2 N–H and O–H groups in total. The van der Waals surface area contributed by atoms with Crippen molar-refractivity contribution in [3.63, 3.8) is 0 Å². The minimum absolute atomic E-state index is 0.0581. The summed E-state index contributed by atoms with van der Waals surface area (Å²) < 4.78 is 0. The number of nitrogens with zero attached hydrogens (tertiary/aromatic N) is 2. The molecule has 1 aliphatic heterocycles. The summed E-state index contributed by atoms with van der Waals surface area (Å²) in [6.07, 6.45) is -0.230. The molecule has 23 heavy (non-hydrogen) atoms. The van der Waals surface area contributed by atoms with E-state index < -0.39 is 6.09 Å². The lowest BCUT2D eigenvalue weighted by molar-refractivity contribution is -0.118. The summed E-state index contributed by atoms with van der Waals surface area (Å²) in [5.74, 6) is -0.138. The van der Waals surface area contributed by atoms with E-state index in [-0.39, 0.29) is 11.8 Å². The largest absolute Gasteiger partial charge is 0.465 e. The SMILES string of the molecule is CC(=O)NCCc1ccc(C(=O)N2CCN(C(=O)O)CC2)cc1. The van der Waals surface area contributed by atoms with Gasteiger partial charge in [0, 0.05) is 45.2 Å². The average Bonchev–Trinajstić information content (AvgIpc) is 2.54. The van der Waals surface area contributed by atoms with Crippen LogP contribution in [0.15, 0.2) is 24.3 Å². The molecule has 1 aromatic carbocycles. The fourth-order valence-corrected chi connectivity index (χ4v) is 2.48. The molecule has 0 bridgehead atoms. The van der Waals surface area contributed by atoms with Gasteiger partial charge in [-0.05, 0) is 24.1 Å². The second-order valence-electron chi connectivity index (χ2n) is 5.49. The van der Waals surface area contributed by atoms with Gasteiger partial charge in [0.15, 0.2) is 0 Å². The van der Waals surface area contributed by atoms with Crippen LogP contribution in [-0.4, -0.2) is 65.5 Å². The number of carboxylic acid groups (broad SMARTS) is 1. The topological polar surface area (TPSA) is 90.0 Å². The van der Waals surface area contributed by atoms with E-state index in [1.807, 2.05) is 12.1 Å². The fourth-order valence-electron chi connectivity index (χ4n) is 2.48. The van der Waals surface area contributed by atoms with Gasteiger partial charge in [-0.1, -0.05) is 12.1 Å². The highest BCUT2D eigenvalue weighted by Crippen LogP contribution is 2.11. The standard InChI is InChI=1S/C16H21N3O4/c1-12(20)17-7-6-13-2-4-14(5-3-13)15(21)18-8-10-19(11-9-18)16(22)23/h2-5H,6-11H2,1H3,(H,17,20)(H,22,23). The van der Waals surface area contributed by atoms with Crippen molar-refractivity contribution in [2.24, 2.45) is 0 Å². The molecule has 1 saturated heterocycles. The molecule has 124 valence electrons. The molecular weight excluding hydrogens is 298 g/mol. The van der Waals surface area contributed by atoms with E-state index in [1.54, 1.807) is 17.0 Å². The molecule has 0 saturated carbocycles. The first-order chi connectivity index (χ1) is 11.0. The van der Waals surface area contributed by atoms with Crippen LogP contribution in [0.1, 0.15) is 22.8 Å². The maximum Gasteiger partial charge on any atom is 0.407 e. The monoisotopic (exact) mass is 319 g/mol. The van der Waals surface area contributed by atoms with Gasteiger partial charge < -0.3 is 20.2 Å². The van der Waals surface area contributed by atoms with E-state index >= 15 is 0 Å². The van der Waals surface area contributed by atoms with E-state index in [4.69, 9.17) is 5.11 Å². The summed E-state index contributed by atoms with van der Waals surface area (Å²) in [6.45, 7) is 3.56. The highest BCUT2D eigenvalue weighted by atomic mass is 16.4. The lowest BCUT2D eigenvalue weighted by Gasteiger charge is -2.33. The zero-order valence-corrected chi connectivity index (χ0v) is 13.1. The highest BCUT2D eigenvalue weighted by molar-refractivity contribution is 5.94. The van der Waals surface area contributed by atoms with Gasteiger partial charge in [-0.3, -0.25) is 9.59 Å². The number of hydrogen-bond acceptors (Lipinski definition) is 3. The molecule has 0 spiro atoms. The first kappa shape index (κ1) is 16.8. The number of benzene rings is 1. The summed E-state index contributed by atoms with van der Waals surface area (Å²) in [5, 5.41) is 11.6. The number of rotatable bonds is 4. The van der Waals surface area contributed by atoms with Crippen LogP contribution in [-0.2, 0) is 11.2 Å². The Hall–Kier alpha value is -2.57. The maximum absolute atomic E-state index is 12.4. The second-order valence-corrected chi connectivity index (χ2v) is 5.49. The van der Waals surface area contributed by atoms with Crippen LogP contribution in [0.2, 0.25) is 0 Å². The molecule has 1 fully saturated rings. The quantitative estimate of drug-likeness (QED) is 0.859. The van der Waals surface area contributed by atoms with Crippen LogP contribution < -0.4 is 5.32 Å². The molecule has 7 heteroatoms. The highest BCUT2D eigenvalue weighted by Gasteiger charge is 2.24. The van der Waals surface area contributed by atoms with Crippen LogP contribution in [0.3, 0.4) is 0 Å². The number of carbonyl (C=O) groups excluding carboxylic acids is 2. The summed E-state index contributed by atoms with van der Waals surface area (Å²) in [7, 11) is 0. The van der Waals surface area contributed by atoms with Crippen molar-refractivity contribution in [3.8, 4) is 0 Å². The predicted molar refractivity (Wildman–Crippen MR) is 84.3 cm³/mol. The summed E-state index contributed by atoms with van der Waals surface area (Å²) in [5.41, 5.74) is 1.64. The molecular formula is C16H21N3O4. The van der Waals surface area contributed by atoms with Gasteiger partial charge in [0.1, 0.15) is 0 Å². The maximum atomic E-state index is 12.4. The van der Waals surface area contributed by atoms with Crippen LogP contribution in [0.25, 0.3) is 0 Å². The minimum atomic E-state index is -0.944. The second kappa shape index (κ2) is 7.62. The van der Waals surface area contributed by atoms with Crippen molar-refractivity contribution in [2.75, 3.05) is 32.7 Å². The zero-order valence-electron chi connectivity index (χ0n) is 13.1. The van der Waals surface area contributed by atoms with Crippen molar-refractivity contribution in [2.45, 2.75) is 13.3 Å². The van der Waals surface area contributed by atoms with Crippen molar-refractivity contribution in [1.29, 1.82) is 0 Å². The molecule has 0 aliphatic carbocycles. The fraction of sp³-hybridized carbons (Fsp3) is 0.438. The van der Waals surface area contributed by atoms with Gasteiger partial charge in [0.05, 0.1) is 0 Å². The van der Waals surface area contributed by atoms with Gasteiger partial charge in [-0.2, -0.15) is 0 Å². The third kappa shape index (κ3) is 4.70. The van der Waals surface area contributed by atoms with E-state index in [2.05, 4.69) is 5.32 Å². The molecule has 0 atom stereocenters. The Morgan fingerprint density at radius 3 is 2.13 bits per heavy atom. The van der Waals surface area contributed by atoms with Gasteiger partial charge in [0.2, 0.25) is 5.91 Å². The Morgan fingerprint density at radius 2 is 1.61 bits per heavy atom. The molecule has 3 amide bonds. The smallest absolute Gasteiger partial charge is 0.407 e. The Kier molecular flexibility index (Phi) is 5.56. The normalized spacial score (nSPS) is 14.5. The van der Waals surface area contributed by atoms with Crippen LogP contribution >= 0.6 is 0 Å². The van der Waals surface area contributed by atoms with Gasteiger partial charge in [-0.15, -0.1) is 0 Å². The average molecular weight is 319 g/mol. The third-order valence-corrected chi connectivity index (χ3v) is 3.83. The first-order valence-corrected chi connectivity index (χ1v) is 7.58. The number of carbonyl (C=O) groups is 3. The lowest BCUT2D eigenvalue weighted by Crippen LogP contribution is -2.50. The molecule has 1 aliphatic rings. The Bertz CT molecular complexity index is 577. The molecule has 1 aromatic rings. The molecule has 0 radical (unpaired) electrons. The molecule has 7 nitrogen and oxygen atoms in total. The summed E-state index contributed by atoms with van der Waals surface area (Å²) in [4.78, 5) is 37.1. The number of hydrogen-bond donors (Lipinski definition) is 2. The van der Waals surface area contributed by atoms with Gasteiger partial charge in [0.25, 0.3) is 5.91 Å². The zero-order chi connectivity index (χ0) is 16.8. The molecule has 2 rings (SSSR count). The van der Waals surface area contributed by atoms with Crippen LogP contribution in [0.4, 0.5) is 4.79 Å². The van der Waals surface area contributed by atoms with Gasteiger partial charge >= 0.3 is 6.09 Å². The van der Waals surface area contributed by atoms with Crippen molar-refractivity contribution >= 4 is 17.9 Å². The van der Waals surface area contributed by atoms with Crippen molar-refractivity contribution < 1.29 is 19.5 Å². The summed E-state index contributed by atoms with van der Waals surface area (Å²) in [6, 6.07) is 7.30. The lowest BCUT2D eigenvalue weighted by atomic mass is 10.1. The van der Waals surface area contributed by atoms with E-state index in [0.29, 0.717) is 44.7 Å². The van der Waals surface area contributed by atoms with E-state index in [1.165, 1.54) is 11.8 Å². The van der Waals surface area contributed by atoms with Crippen molar-refractivity contribution in [3.05, 3.63) is 35.4 Å². The summed E-state index contributed by atoms with van der Waals surface area (Å²) >= 11 is 0. The molecule has 1 heterocycles. The Morgan fingerprint density at radius 1 is 1.04 bits per heavy atom. The third-order valence-electron chi connectivity index (χ3n) is 3.83. The van der Waals surface area contributed by atoms with E-state index in [0.717, 1.165) is 5.56 Å². The number of nitrogens with one attached hydrogen (secondary N) is 1. The van der Waals surface area contributed by atoms with Crippen molar-refractivity contribution in [1.82, 2.24) is 15.1 Å². The van der Waals surface area contributed by atoms with E-state index in [9.17, 15) is 14.4 Å². The Balaban J connectivity index is 1.88. The first-order valence-electron chi connectivity index (χ1n) is 7.58. The van der Waals surface area contributed by atoms with Crippen LogP contribution in [0.5, 0.6) is 0 Å². The van der Waals surface area contributed by atoms with Gasteiger partial charge in [-0.25, -0.2) is 4.79 Å². The molecule has 0 aromatic heterocycles.